The molecule has 0 saturated carbocycles. The molecule has 0 saturated heterocycles. The van der Waals surface area contributed by atoms with E-state index >= 15 is 0 Å². The van der Waals surface area contributed by atoms with Crippen molar-refractivity contribution in [2.24, 2.45) is 0 Å². The number of nitrogens with two attached hydrogens (primary N) is 1. The smallest absolute Gasteiger partial charge is 0.340 e. The second kappa shape index (κ2) is 9.04. The number of benzene rings is 2. The molecule has 1 amide bonds. The fraction of sp³-hybridized carbons (Fsp3) is 0.190. The quantitative estimate of drug-likeness (QED) is 0.387. The maximum Gasteiger partial charge on any atom is 0.340 e. The van der Waals surface area contributed by atoms with E-state index in [0.29, 0.717) is 26.6 Å². The molecule has 9 heteroatoms. The first-order valence-corrected chi connectivity index (χ1v) is 10.5. The highest BCUT2D eigenvalue weighted by Crippen LogP contribution is 2.37. The Morgan fingerprint density at radius 2 is 1.93 bits per heavy atom. The van der Waals surface area contributed by atoms with Crippen LogP contribution in [-0.4, -0.2) is 16.9 Å². The predicted octanol–water partition coefficient (Wildman–Crippen LogP) is 5.69. The summed E-state index contributed by atoms with van der Waals surface area (Å²) in [5.74, 6) is -0.834. The molecule has 156 valence electrons. The number of rotatable bonds is 5. The van der Waals surface area contributed by atoms with E-state index in [-0.39, 0.29) is 23.8 Å². The average molecular weight is 464 g/mol. The Hall–Kier alpha value is -2.61. The van der Waals surface area contributed by atoms with Crippen molar-refractivity contribution in [1.29, 1.82) is 0 Å². The van der Waals surface area contributed by atoms with Gasteiger partial charge in [-0.2, -0.15) is 0 Å². The highest BCUT2D eigenvalue weighted by atomic mass is 35.5. The Labute approximate surface area is 188 Å². The van der Waals surface area contributed by atoms with Gasteiger partial charge in [-0.15, -0.1) is 11.3 Å². The number of nitrogen functional groups attached to an aromatic ring is 1. The fourth-order valence-corrected chi connectivity index (χ4v) is 4.40. The molecule has 0 aliphatic heterocycles. The molecule has 0 aliphatic rings. The van der Waals surface area contributed by atoms with Gasteiger partial charge < -0.3 is 10.5 Å². The van der Waals surface area contributed by atoms with E-state index in [9.17, 15) is 9.59 Å². The zero-order chi connectivity index (χ0) is 22.0. The fourth-order valence-electron chi connectivity index (χ4n) is 2.97. The van der Waals surface area contributed by atoms with Crippen molar-refractivity contribution in [3.8, 4) is 0 Å². The van der Waals surface area contributed by atoms with Crippen molar-refractivity contribution < 1.29 is 14.3 Å². The molecule has 1 heterocycles. The molecule has 6 nitrogen and oxygen atoms in total. The highest BCUT2D eigenvalue weighted by Gasteiger charge is 2.23. The van der Waals surface area contributed by atoms with Crippen molar-refractivity contribution >= 4 is 62.9 Å². The van der Waals surface area contributed by atoms with Crippen LogP contribution in [-0.2, 0) is 16.1 Å². The van der Waals surface area contributed by atoms with Crippen molar-refractivity contribution in [2.75, 3.05) is 10.6 Å². The van der Waals surface area contributed by atoms with Crippen LogP contribution < -0.4 is 10.6 Å². The van der Waals surface area contributed by atoms with Gasteiger partial charge in [0.25, 0.3) is 0 Å². The highest BCUT2D eigenvalue weighted by molar-refractivity contribution is 7.14. The Morgan fingerprint density at radius 1 is 1.20 bits per heavy atom. The maximum atomic E-state index is 12.4. The van der Waals surface area contributed by atoms with E-state index in [1.807, 2.05) is 19.9 Å². The summed E-state index contributed by atoms with van der Waals surface area (Å²) in [6, 6.07) is 8.33. The van der Waals surface area contributed by atoms with E-state index in [2.05, 4.69) is 4.98 Å². The maximum absolute atomic E-state index is 12.4. The second-order valence-electron chi connectivity index (χ2n) is 6.70. The van der Waals surface area contributed by atoms with E-state index in [1.54, 1.807) is 17.5 Å². The first-order chi connectivity index (χ1) is 14.2. The molecule has 0 spiro atoms. The van der Waals surface area contributed by atoms with Gasteiger partial charge in [0.2, 0.25) is 5.91 Å². The number of nitrogens with zero attached hydrogens (tertiary/aromatic N) is 2. The number of carbonyl (C=O) groups is 2. The van der Waals surface area contributed by atoms with Crippen molar-refractivity contribution in [3.63, 3.8) is 0 Å². The molecule has 1 aromatic heterocycles. The van der Waals surface area contributed by atoms with Crippen molar-refractivity contribution in [2.45, 2.75) is 27.4 Å². The first-order valence-electron chi connectivity index (χ1n) is 8.91. The number of aromatic nitrogens is 1. The number of ether oxygens (including phenoxy) is 1. The lowest BCUT2D eigenvalue weighted by Gasteiger charge is -2.22. The van der Waals surface area contributed by atoms with Crippen LogP contribution in [0.15, 0.2) is 35.7 Å². The zero-order valence-corrected chi connectivity index (χ0v) is 18.9. The van der Waals surface area contributed by atoms with Gasteiger partial charge in [0, 0.05) is 23.0 Å². The molecule has 3 rings (SSSR count). The summed E-state index contributed by atoms with van der Waals surface area (Å²) >= 11 is 13.6. The van der Waals surface area contributed by atoms with Crippen LogP contribution in [0.4, 0.5) is 16.5 Å². The minimum absolute atomic E-state index is 0.0758. The third-order valence-corrected chi connectivity index (χ3v) is 5.65. The number of anilines is 3. The summed E-state index contributed by atoms with van der Waals surface area (Å²) in [6.45, 7) is 5.19. The number of esters is 1. The number of hydrogen-bond donors (Lipinski definition) is 1. The van der Waals surface area contributed by atoms with E-state index in [1.165, 1.54) is 35.3 Å². The van der Waals surface area contributed by atoms with E-state index < -0.39 is 5.97 Å². The largest absolute Gasteiger partial charge is 0.455 e. The van der Waals surface area contributed by atoms with E-state index in [4.69, 9.17) is 33.7 Å². The summed E-state index contributed by atoms with van der Waals surface area (Å²) in [5, 5.41) is 3.00. The molecular weight excluding hydrogens is 445 g/mol. The van der Waals surface area contributed by atoms with Gasteiger partial charge in [0.1, 0.15) is 6.61 Å². The van der Waals surface area contributed by atoms with Crippen LogP contribution >= 0.6 is 34.5 Å². The molecule has 30 heavy (non-hydrogen) atoms. The molecule has 0 aliphatic carbocycles. The molecule has 0 unspecified atom stereocenters. The van der Waals surface area contributed by atoms with Crippen LogP contribution in [0, 0.1) is 13.8 Å². The van der Waals surface area contributed by atoms with Crippen LogP contribution in [0.2, 0.25) is 10.0 Å². The average Bonchev–Trinajstić information content (AvgIpc) is 3.12. The number of aryl methyl sites for hydroxylation is 2. The molecular formula is C21H19Cl2N3O3S. The molecule has 0 atom stereocenters. The van der Waals surface area contributed by atoms with Gasteiger partial charge in [0.15, 0.2) is 5.13 Å². The summed E-state index contributed by atoms with van der Waals surface area (Å²) in [4.78, 5) is 30.6. The third kappa shape index (κ3) is 4.75. The molecule has 2 aromatic carbocycles. The molecule has 0 bridgehead atoms. The number of halogens is 2. The van der Waals surface area contributed by atoms with Gasteiger partial charge in [-0.05, 0) is 49.2 Å². The van der Waals surface area contributed by atoms with Gasteiger partial charge in [0.05, 0.1) is 22.0 Å². The number of hydrogen-bond acceptors (Lipinski definition) is 6. The second-order valence-corrected chi connectivity index (χ2v) is 8.38. The minimum atomic E-state index is -0.606. The summed E-state index contributed by atoms with van der Waals surface area (Å²) in [5.41, 5.74) is 9.20. The van der Waals surface area contributed by atoms with Crippen LogP contribution in [0.25, 0.3) is 0 Å². The SMILES string of the molecule is CC(=O)N(c1nc(COC(=O)c2cc(Cl)ccc2N)cs1)c1c(C)cc(C)cc1Cl. The standard InChI is InChI=1S/C21H19Cl2N3O3S/c1-11-6-12(2)19(17(23)7-11)26(13(3)27)21-25-15(10-30-21)9-29-20(28)16-8-14(22)4-5-18(16)24/h4-8,10H,9,24H2,1-3H3. The first kappa shape index (κ1) is 22.1. The van der Waals surface area contributed by atoms with Crippen LogP contribution in [0.1, 0.15) is 34.1 Å². The molecule has 0 fully saturated rings. The molecule has 0 radical (unpaired) electrons. The Morgan fingerprint density at radius 3 is 2.60 bits per heavy atom. The van der Waals surface area contributed by atoms with Crippen LogP contribution in [0.3, 0.4) is 0 Å². The topological polar surface area (TPSA) is 85.5 Å². The minimum Gasteiger partial charge on any atom is -0.455 e. The third-order valence-electron chi connectivity index (χ3n) is 4.25. The predicted molar refractivity (Wildman–Crippen MR) is 121 cm³/mol. The summed E-state index contributed by atoms with van der Waals surface area (Å²) in [6.07, 6.45) is 0. The van der Waals surface area contributed by atoms with Gasteiger partial charge in [-0.3, -0.25) is 9.69 Å². The summed E-state index contributed by atoms with van der Waals surface area (Å²) in [7, 11) is 0. The lowest BCUT2D eigenvalue weighted by Crippen LogP contribution is -2.24. The molecule has 3 aromatic rings. The zero-order valence-electron chi connectivity index (χ0n) is 16.5. The number of amides is 1. The Bertz CT molecular complexity index is 1110. The lowest BCUT2D eigenvalue weighted by atomic mass is 10.1. The van der Waals surface area contributed by atoms with Crippen molar-refractivity contribution in [3.05, 3.63) is 68.1 Å². The number of thiazole rings is 1. The Kier molecular flexibility index (Phi) is 6.65. The Balaban J connectivity index is 1.81. The van der Waals surface area contributed by atoms with Crippen molar-refractivity contribution in [1.82, 2.24) is 4.98 Å². The summed E-state index contributed by atoms with van der Waals surface area (Å²) < 4.78 is 5.31. The van der Waals surface area contributed by atoms with Gasteiger partial charge in [-0.25, -0.2) is 9.78 Å². The normalized spacial score (nSPS) is 10.7. The van der Waals surface area contributed by atoms with Crippen LogP contribution in [0.5, 0.6) is 0 Å². The van der Waals surface area contributed by atoms with Gasteiger partial charge in [-0.1, -0.05) is 29.3 Å². The number of carbonyl (C=O) groups excluding carboxylic acids is 2. The lowest BCUT2D eigenvalue weighted by molar-refractivity contribution is -0.115. The monoisotopic (exact) mass is 463 g/mol. The molecule has 2 N–H and O–H groups in total. The van der Waals surface area contributed by atoms with E-state index in [0.717, 1.165) is 11.1 Å². The van der Waals surface area contributed by atoms with Gasteiger partial charge >= 0.3 is 5.97 Å².